The summed E-state index contributed by atoms with van der Waals surface area (Å²) in [5.74, 6) is 0. The first-order chi connectivity index (χ1) is 43.5. The summed E-state index contributed by atoms with van der Waals surface area (Å²) in [6, 6.07) is 113. The molecule has 88 heavy (non-hydrogen) atoms. The van der Waals surface area contributed by atoms with Crippen LogP contribution in [0.5, 0.6) is 0 Å². The molecule has 3 nitrogen and oxygen atoms in total. The number of rotatable bonds is 11. The molecule has 3 heteroatoms. The van der Waals surface area contributed by atoms with Crippen LogP contribution in [0, 0.1) is 0 Å². The van der Waals surface area contributed by atoms with Gasteiger partial charge in [-0.15, -0.1) is 0 Å². The molecule has 0 fully saturated rings. The zero-order chi connectivity index (χ0) is 59.6. The number of hydrogen-bond acceptors (Lipinski definition) is 1. The van der Waals surface area contributed by atoms with E-state index >= 15 is 0 Å². The summed E-state index contributed by atoms with van der Waals surface area (Å²) in [7, 11) is 0. The van der Waals surface area contributed by atoms with Crippen molar-refractivity contribution < 1.29 is 0 Å². The molecular formula is C85H65N3. The molecule has 14 aromatic rings. The molecular weight excluding hydrogens is 1060 g/mol. The molecule has 0 saturated carbocycles. The molecule has 0 aliphatic heterocycles. The Hall–Kier alpha value is -11.3. The predicted octanol–water partition coefficient (Wildman–Crippen LogP) is 22.0. The van der Waals surface area contributed by atoms with Gasteiger partial charge in [-0.25, -0.2) is 0 Å². The van der Waals surface area contributed by atoms with Crippen LogP contribution in [0.2, 0.25) is 0 Å². The van der Waals surface area contributed by atoms with E-state index in [-0.39, 0.29) is 0 Å². The average molecular weight is 1130 g/mol. The minimum Gasteiger partial charge on any atom is -0.315 e. The fraction of sp³-hybridized carbons (Fsp3) is 0.0353. The fourth-order valence-corrected chi connectivity index (χ4v) is 14.2. The third-order valence-electron chi connectivity index (χ3n) is 17.8. The van der Waals surface area contributed by atoms with Gasteiger partial charge in [0.15, 0.2) is 0 Å². The Bertz CT molecular complexity index is 4630. The minimum absolute atomic E-state index is 0.586. The maximum atomic E-state index is 3.46. The fourth-order valence-electron chi connectivity index (χ4n) is 14.2. The van der Waals surface area contributed by atoms with Crippen LogP contribution >= 0.6 is 0 Å². The van der Waals surface area contributed by atoms with E-state index < -0.39 is 10.8 Å². The monoisotopic (exact) mass is 1130 g/mol. The summed E-state index contributed by atoms with van der Waals surface area (Å²) in [5.41, 5.74) is 22.9. The second-order valence-electron chi connectivity index (χ2n) is 22.4. The summed E-state index contributed by atoms with van der Waals surface area (Å²) < 4.78 is 4.83. The molecule has 0 atom stereocenters. The Morgan fingerprint density at radius 2 is 0.750 bits per heavy atom. The Morgan fingerprint density at radius 1 is 0.341 bits per heavy atom. The van der Waals surface area contributed by atoms with Crippen LogP contribution in [-0.2, 0) is 10.8 Å². The van der Waals surface area contributed by atoms with Gasteiger partial charge in [0, 0.05) is 50.8 Å². The Balaban J connectivity index is 0.000000709. The third-order valence-corrected chi connectivity index (χ3v) is 17.8. The van der Waals surface area contributed by atoms with E-state index in [9.17, 15) is 0 Å². The van der Waals surface area contributed by atoms with Gasteiger partial charge in [-0.3, -0.25) is 0 Å². The van der Waals surface area contributed by atoms with Crippen LogP contribution in [0.3, 0.4) is 0 Å². The van der Waals surface area contributed by atoms with Crippen molar-refractivity contribution in [3.63, 3.8) is 0 Å². The summed E-state index contributed by atoms with van der Waals surface area (Å²) in [6.07, 6.45) is 11.1. The molecule has 420 valence electrons. The maximum absolute atomic E-state index is 3.46. The van der Waals surface area contributed by atoms with Gasteiger partial charge in [0.05, 0.1) is 27.4 Å². The van der Waals surface area contributed by atoms with E-state index in [0.29, 0.717) is 0 Å². The van der Waals surface area contributed by atoms with Crippen LogP contribution < -0.4 is 4.90 Å². The lowest BCUT2D eigenvalue weighted by atomic mass is 9.67. The third kappa shape index (κ3) is 8.81. The largest absolute Gasteiger partial charge is 0.315 e. The zero-order valence-electron chi connectivity index (χ0n) is 49.3. The smallest absolute Gasteiger partial charge is 0.0788 e. The molecule has 0 unspecified atom stereocenters. The van der Waals surface area contributed by atoms with Crippen molar-refractivity contribution in [2.75, 3.05) is 4.90 Å². The quantitative estimate of drug-likeness (QED) is 0.118. The number of nitrogens with zero attached hydrogens (tertiary/aromatic N) is 3. The normalized spacial score (nSPS) is 12.9. The highest BCUT2D eigenvalue weighted by Gasteiger charge is 2.48. The first kappa shape index (κ1) is 54.7. The zero-order valence-corrected chi connectivity index (χ0v) is 49.3. The van der Waals surface area contributed by atoms with Crippen LogP contribution in [-0.4, -0.2) is 9.13 Å². The lowest BCUT2D eigenvalue weighted by Crippen LogP contribution is -2.29. The van der Waals surface area contributed by atoms with Crippen molar-refractivity contribution in [1.29, 1.82) is 0 Å². The molecule has 0 spiro atoms. The highest BCUT2D eigenvalue weighted by Crippen LogP contribution is 2.60. The van der Waals surface area contributed by atoms with Gasteiger partial charge in [-0.2, -0.15) is 0 Å². The number of para-hydroxylation sites is 2. The topological polar surface area (TPSA) is 13.1 Å². The van der Waals surface area contributed by atoms with Gasteiger partial charge >= 0.3 is 0 Å². The van der Waals surface area contributed by atoms with Crippen LogP contribution in [0.4, 0.5) is 17.1 Å². The van der Waals surface area contributed by atoms with E-state index in [1.54, 1.807) is 18.2 Å². The molecule has 0 amide bonds. The molecule has 0 bridgehead atoms. The van der Waals surface area contributed by atoms with E-state index in [1.807, 2.05) is 19.1 Å². The van der Waals surface area contributed by atoms with Crippen molar-refractivity contribution >= 4 is 49.8 Å². The molecule has 16 rings (SSSR count). The summed E-state index contributed by atoms with van der Waals surface area (Å²) in [4.78, 5) is 2.53. The van der Waals surface area contributed by atoms with Gasteiger partial charge in [-0.1, -0.05) is 281 Å². The van der Waals surface area contributed by atoms with Crippen LogP contribution in [0.25, 0.3) is 66.3 Å². The molecule has 2 heterocycles. The lowest BCUT2D eigenvalue weighted by molar-refractivity contribution is 0.767. The molecule has 2 aliphatic carbocycles. The van der Waals surface area contributed by atoms with Gasteiger partial charge in [-0.05, 0) is 146 Å². The SMILES string of the molecule is C=C/C=C\C.C=CC=C.c1ccc(-n2ccc3ccc4c5cc(N(c6ccc7c(c6)C(c6ccccc6)(c6ccccc6)c6ccccc6-7)c6ccc7c(c6)C(c6ccccc6)(c6ccccc6)c6ccccc6-7)ccc5n(-c5ccccc5)c4c32)cc1. The number of benzene rings is 12. The summed E-state index contributed by atoms with van der Waals surface area (Å²) in [6.45, 7) is 12.1. The van der Waals surface area contributed by atoms with E-state index in [1.165, 1.54) is 94.0 Å². The van der Waals surface area contributed by atoms with Crippen molar-refractivity contribution in [3.05, 3.63) is 404 Å². The number of allylic oxidation sites excluding steroid dienone is 5. The summed E-state index contributed by atoms with van der Waals surface area (Å²) >= 11 is 0. The average Bonchev–Trinajstić information content (AvgIpc) is 1.56. The van der Waals surface area contributed by atoms with Gasteiger partial charge in [0.2, 0.25) is 0 Å². The summed E-state index contributed by atoms with van der Waals surface area (Å²) in [5, 5.41) is 3.56. The Morgan fingerprint density at radius 3 is 1.19 bits per heavy atom. The molecule has 0 saturated heterocycles. The van der Waals surface area contributed by atoms with Crippen LogP contribution in [0.15, 0.2) is 360 Å². The first-order valence-electron chi connectivity index (χ1n) is 30.2. The lowest BCUT2D eigenvalue weighted by Gasteiger charge is -2.36. The number of anilines is 3. The highest BCUT2D eigenvalue weighted by atomic mass is 15.1. The van der Waals surface area contributed by atoms with Crippen molar-refractivity contribution in [2.45, 2.75) is 17.8 Å². The van der Waals surface area contributed by atoms with Crippen molar-refractivity contribution in [1.82, 2.24) is 9.13 Å². The Kier molecular flexibility index (Phi) is 14.5. The molecule has 2 aromatic heterocycles. The first-order valence-corrected chi connectivity index (χ1v) is 30.2. The molecule has 2 aliphatic rings. The molecule has 12 aromatic carbocycles. The van der Waals surface area contributed by atoms with E-state index in [0.717, 1.165) is 34.0 Å². The van der Waals surface area contributed by atoms with Crippen LogP contribution in [0.1, 0.15) is 51.4 Å². The highest BCUT2D eigenvalue weighted by molar-refractivity contribution is 6.19. The van der Waals surface area contributed by atoms with Crippen molar-refractivity contribution in [2.24, 2.45) is 0 Å². The van der Waals surface area contributed by atoms with E-state index in [4.69, 9.17) is 0 Å². The maximum Gasteiger partial charge on any atom is 0.0788 e. The van der Waals surface area contributed by atoms with Gasteiger partial charge in [0.1, 0.15) is 0 Å². The minimum atomic E-state index is -0.586. The molecule has 0 N–H and O–H groups in total. The second kappa shape index (κ2) is 23.3. The Labute approximate surface area is 516 Å². The van der Waals surface area contributed by atoms with Crippen molar-refractivity contribution in [3.8, 4) is 33.6 Å². The predicted molar refractivity (Wildman–Crippen MR) is 372 cm³/mol. The number of hydrogen-bond donors (Lipinski definition) is 0. The molecule has 0 radical (unpaired) electrons. The number of fused-ring (bicyclic) bond motifs is 11. The second-order valence-corrected chi connectivity index (χ2v) is 22.4. The van der Waals surface area contributed by atoms with Gasteiger partial charge in [0.25, 0.3) is 0 Å². The van der Waals surface area contributed by atoms with E-state index in [2.05, 4.69) is 343 Å². The number of aromatic nitrogens is 2. The standard InChI is InChI=1S/C76H51N3.C5H8.C4H6/c1-7-23-53(24-8-1)75(54-25-9-2-10-26-54)68-37-21-19-35-62(68)64-44-40-60(50-70(64)75)78(61-41-45-65-63-36-20-22-38-69(63)76(71(65)51-61,55-27-11-3-12-28-55)56-29-13-4-14-30-56)59-42-46-72-67(49-59)66-43-39-52-47-48-77(57-31-15-5-16-32-57)73(52)74(66)79(72)58-33-17-6-18-34-58;1-3-5-4-2;1-3-4-2/h1-51H;3-5H,1H2,2H3;3-4H,1-2H2/b;5-4-;. The van der Waals surface area contributed by atoms with Gasteiger partial charge < -0.3 is 14.0 Å².